The fourth-order valence-corrected chi connectivity index (χ4v) is 1.16. The van der Waals surface area contributed by atoms with Crippen molar-refractivity contribution in [2.24, 2.45) is 0 Å². The summed E-state index contributed by atoms with van der Waals surface area (Å²) in [6.45, 7) is 6.15. The zero-order valence-electron chi connectivity index (χ0n) is 8.67. The Kier molecular flexibility index (Phi) is 4.33. The van der Waals surface area contributed by atoms with E-state index in [0.717, 1.165) is 0 Å². The number of anilines is 1. The molecule has 0 aliphatic carbocycles. The van der Waals surface area contributed by atoms with Crippen LogP contribution in [0.15, 0.2) is 12.6 Å². The van der Waals surface area contributed by atoms with Crippen LogP contribution in [0.25, 0.3) is 5.76 Å². The highest BCUT2D eigenvalue weighted by Gasteiger charge is 2.06. The third kappa shape index (κ3) is 3.38. The van der Waals surface area contributed by atoms with Crippen molar-refractivity contribution in [1.29, 1.82) is 0 Å². The van der Waals surface area contributed by atoms with Crippen LogP contribution < -0.4 is 10.9 Å². The van der Waals surface area contributed by atoms with Gasteiger partial charge in [-0.25, -0.2) is 10.4 Å². The predicted octanol–water partition coefficient (Wildman–Crippen LogP) is 1.68. The van der Waals surface area contributed by atoms with Crippen LogP contribution in [0.1, 0.15) is 12.6 Å². The van der Waals surface area contributed by atoms with Gasteiger partial charge in [0.2, 0.25) is 5.95 Å². The number of hydrazine groups is 1. The predicted molar refractivity (Wildman–Crippen MR) is 60.4 cm³/mol. The first-order valence-electron chi connectivity index (χ1n) is 4.46. The number of hydrogen-bond donors (Lipinski definition) is 2. The summed E-state index contributed by atoms with van der Waals surface area (Å²) in [5.41, 5.74) is 6.00. The van der Waals surface area contributed by atoms with Gasteiger partial charge in [0.05, 0.1) is 6.61 Å². The van der Waals surface area contributed by atoms with Gasteiger partial charge in [-0.05, 0) is 6.92 Å². The topological polar surface area (TPSA) is 59.1 Å². The summed E-state index contributed by atoms with van der Waals surface area (Å²) in [5, 5.41) is 0.332. The SMILES string of the molecule is C=C(OCC)c1cc(Cl)nc(NNC)n1. The van der Waals surface area contributed by atoms with Crippen molar-refractivity contribution in [3.05, 3.63) is 23.5 Å². The maximum atomic E-state index is 5.81. The second-order valence-corrected chi connectivity index (χ2v) is 3.02. The lowest BCUT2D eigenvalue weighted by atomic mass is 10.3. The maximum absolute atomic E-state index is 5.81. The molecule has 6 heteroatoms. The van der Waals surface area contributed by atoms with Gasteiger partial charge in [-0.1, -0.05) is 18.2 Å². The molecule has 0 aromatic carbocycles. The van der Waals surface area contributed by atoms with Gasteiger partial charge >= 0.3 is 0 Å². The second kappa shape index (κ2) is 5.53. The highest BCUT2D eigenvalue weighted by molar-refractivity contribution is 6.29. The molecule has 1 rings (SSSR count). The molecule has 0 unspecified atom stereocenters. The van der Waals surface area contributed by atoms with Crippen LogP contribution in [0.3, 0.4) is 0 Å². The van der Waals surface area contributed by atoms with Crippen molar-refractivity contribution in [2.75, 3.05) is 19.1 Å². The summed E-state index contributed by atoms with van der Waals surface area (Å²) in [6.07, 6.45) is 0. The first-order chi connectivity index (χ1) is 7.17. The maximum Gasteiger partial charge on any atom is 0.239 e. The van der Waals surface area contributed by atoms with Crippen molar-refractivity contribution >= 4 is 23.3 Å². The number of ether oxygens (including phenoxy) is 1. The van der Waals surface area contributed by atoms with E-state index in [1.54, 1.807) is 13.1 Å². The number of rotatable bonds is 5. The van der Waals surface area contributed by atoms with Crippen LogP contribution >= 0.6 is 11.6 Å². The summed E-state index contributed by atoms with van der Waals surface area (Å²) in [4.78, 5) is 8.10. The number of nitrogens with one attached hydrogen (secondary N) is 2. The fraction of sp³-hybridized carbons (Fsp3) is 0.333. The summed E-state index contributed by atoms with van der Waals surface area (Å²) in [7, 11) is 1.71. The van der Waals surface area contributed by atoms with Gasteiger partial charge in [-0.15, -0.1) is 0 Å². The molecule has 1 heterocycles. The van der Waals surface area contributed by atoms with Gasteiger partial charge in [0.15, 0.2) is 0 Å². The molecule has 5 nitrogen and oxygen atoms in total. The number of halogens is 1. The number of hydrogen-bond acceptors (Lipinski definition) is 5. The number of nitrogens with zero attached hydrogens (tertiary/aromatic N) is 2. The molecule has 0 aliphatic rings. The molecule has 0 aliphatic heterocycles. The van der Waals surface area contributed by atoms with Gasteiger partial charge in [0, 0.05) is 13.1 Å². The Hall–Kier alpha value is -1.33. The standard InChI is InChI=1S/C9H13ClN4O/c1-4-15-6(2)7-5-8(10)13-9(12-7)14-11-3/h5,11H,2,4H2,1,3H3,(H,12,13,14). The third-order valence-corrected chi connectivity index (χ3v) is 1.73. The zero-order valence-corrected chi connectivity index (χ0v) is 9.43. The molecule has 0 bridgehead atoms. The average molecular weight is 229 g/mol. The lowest BCUT2D eigenvalue weighted by Gasteiger charge is -2.08. The third-order valence-electron chi connectivity index (χ3n) is 1.54. The van der Waals surface area contributed by atoms with Gasteiger partial charge in [-0.3, -0.25) is 5.43 Å². The van der Waals surface area contributed by atoms with E-state index < -0.39 is 0 Å². The van der Waals surface area contributed by atoms with Crippen molar-refractivity contribution in [1.82, 2.24) is 15.4 Å². The largest absolute Gasteiger partial charge is 0.492 e. The highest BCUT2D eigenvalue weighted by Crippen LogP contribution is 2.16. The molecule has 0 radical (unpaired) electrons. The quantitative estimate of drug-likeness (QED) is 0.456. The van der Waals surface area contributed by atoms with Crippen LogP contribution in [0.2, 0.25) is 5.15 Å². The fourth-order valence-electron chi connectivity index (χ4n) is 0.976. The average Bonchev–Trinajstić information content (AvgIpc) is 2.17. The molecular weight excluding hydrogens is 216 g/mol. The minimum Gasteiger partial charge on any atom is -0.492 e. The molecule has 0 fully saturated rings. The summed E-state index contributed by atoms with van der Waals surface area (Å²) in [5.74, 6) is 0.849. The second-order valence-electron chi connectivity index (χ2n) is 2.63. The van der Waals surface area contributed by atoms with Crippen molar-refractivity contribution in [3.63, 3.8) is 0 Å². The van der Waals surface area contributed by atoms with Crippen LogP contribution in [0.5, 0.6) is 0 Å². The molecule has 0 spiro atoms. The molecule has 0 atom stereocenters. The van der Waals surface area contributed by atoms with Crippen LogP contribution in [0, 0.1) is 0 Å². The first kappa shape index (κ1) is 11.7. The monoisotopic (exact) mass is 228 g/mol. The highest BCUT2D eigenvalue weighted by atomic mass is 35.5. The van der Waals surface area contributed by atoms with E-state index in [2.05, 4.69) is 27.4 Å². The molecular formula is C9H13ClN4O. The molecule has 1 aromatic heterocycles. The van der Waals surface area contributed by atoms with Crippen molar-refractivity contribution < 1.29 is 4.74 Å². The minimum atomic E-state index is 0.332. The van der Waals surface area contributed by atoms with E-state index >= 15 is 0 Å². The lowest BCUT2D eigenvalue weighted by molar-refractivity contribution is 0.298. The van der Waals surface area contributed by atoms with Crippen LogP contribution in [-0.4, -0.2) is 23.6 Å². The Labute approximate surface area is 93.5 Å². The van der Waals surface area contributed by atoms with Gasteiger partial charge < -0.3 is 4.74 Å². The van der Waals surface area contributed by atoms with Crippen LogP contribution in [0.4, 0.5) is 5.95 Å². The molecule has 15 heavy (non-hydrogen) atoms. The van der Waals surface area contributed by atoms with E-state index in [1.807, 2.05) is 6.92 Å². The normalized spacial score (nSPS) is 9.80. The van der Waals surface area contributed by atoms with E-state index in [4.69, 9.17) is 16.3 Å². The molecule has 1 aromatic rings. The van der Waals surface area contributed by atoms with Crippen molar-refractivity contribution in [3.8, 4) is 0 Å². The summed E-state index contributed by atoms with van der Waals surface area (Å²) < 4.78 is 5.22. The van der Waals surface area contributed by atoms with E-state index in [0.29, 0.717) is 29.2 Å². The minimum absolute atomic E-state index is 0.332. The van der Waals surface area contributed by atoms with E-state index in [-0.39, 0.29) is 0 Å². The molecule has 0 amide bonds. The smallest absolute Gasteiger partial charge is 0.239 e. The lowest BCUT2D eigenvalue weighted by Crippen LogP contribution is -2.17. The molecule has 0 saturated heterocycles. The summed E-state index contributed by atoms with van der Waals surface area (Å²) in [6, 6.07) is 1.60. The number of aromatic nitrogens is 2. The molecule has 82 valence electrons. The van der Waals surface area contributed by atoms with Gasteiger partial charge in [0.1, 0.15) is 16.6 Å². The van der Waals surface area contributed by atoms with Gasteiger partial charge in [0.25, 0.3) is 0 Å². The molecule has 2 N–H and O–H groups in total. The Morgan fingerprint density at radius 3 is 2.93 bits per heavy atom. The van der Waals surface area contributed by atoms with E-state index in [1.165, 1.54) is 0 Å². The summed E-state index contributed by atoms with van der Waals surface area (Å²) >= 11 is 5.81. The molecule has 0 saturated carbocycles. The van der Waals surface area contributed by atoms with Gasteiger partial charge in [-0.2, -0.15) is 4.98 Å². The first-order valence-corrected chi connectivity index (χ1v) is 4.84. The Balaban J connectivity index is 2.92. The zero-order chi connectivity index (χ0) is 11.3. The van der Waals surface area contributed by atoms with Crippen molar-refractivity contribution in [2.45, 2.75) is 6.92 Å². The Morgan fingerprint density at radius 1 is 1.60 bits per heavy atom. The Bertz CT molecular complexity index is 356. The Morgan fingerprint density at radius 2 is 2.33 bits per heavy atom. The van der Waals surface area contributed by atoms with Crippen LogP contribution in [-0.2, 0) is 4.74 Å². The van der Waals surface area contributed by atoms with E-state index in [9.17, 15) is 0 Å².